The number of para-hydroxylation sites is 1. The van der Waals surface area contributed by atoms with Crippen molar-refractivity contribution in [3.05, 3.63) is 41.6 Å². The molecule has 1 unspecified atom stereocenters. The van der Waals surface area contributed by atoms with Crippen LogP contribution in [0.3, 0.4) is 0 Å². The van der Waals surface area contributed by atoms with Gasteiger partial charge in [-0.3, -0.25) is 9.19 Å². The summed E-state index contributed by atoms with van der Waals surface area (Å²) in [5.41, 5.74) is 8.53. The summed E-state index contributed by atoms with van der Waals surface area (Å²) in [4.78, 5) is 4.49. The standard InChI is InChI=1S/C15H20N2OS/c1-11-8-12(9-19(18)10-15(2,3)16)13-6-4-5-7-14(13)17-11/h4-8H,9-10,16H2,1-3H3. The van der Waals surface area contributed by atoms with E-state index in [9.17, 15) is 4.21 Å². The number of rotatable bonds is 4. The van der Waals surface area contributed by atoms with Gasteiger partial charge in [0.05, 0.1) is 5.52 Å². The maximum absolute atomic E-state index is 12.2. The summed E-state index contributed by atoms with van der Waals surface area (Å²) >= 11 is 0. The molecule has 0 aliphatic carbocycles. The van der Waals surface area contributed by atoms with Crippen molar-refractivity contribution >= 4 is 21.7 Å². The molecule has 1 heterocycles. The third-order valence-electron chi connectivity index (χ3n) is 2.78. The van der Waals surface area contributed by atoms with Crippen molar-refractivity contribution in [3.8, 4) is 0 Å². The number of aromatic nitrogens is 1. The van der Waals surface area contributed by atoms with E-state index in [1.165, 1.54) is 0 Å². The Morgan fingerprint density at radius 1 is 1.32 bits per heavy atom. The first-order valence-corrected chi connectivity index (χ1v) is 7.83. The van der Waals surface area contributed by atoms with Crippen LogP contribution in [0.2, 0.25) is 0 Å². The highest BCUT2D eigenvalue weighted by atomic mass is 32.2. The van der Waals surface area contributed by atoms with Gasteiger partial charge in [-0.15, -0.1) is 0 Å². The van der Waals surface area contributed by atoms with Gasteiger partial charge in [-0.25, -0.2) is 0 Å². The average Bonchev–Trinajstić information content (AvgIpc) is 2.25. The lowest BCUT2D eigenvalue weighted by molar-refractivity contribution is 0.577. The van der Waals surface area contributed by atoms with Gasteiger partial charge in [-0.05, 0) is 38.5 Å². The lowest BCUT2D eigenvalue weighted by atomic mass is 10.1. The molecular formula is C15H20N2OS. The van der Waals surface area contributed by atoms with Crippen molar-refractivity contribution < 1.29 is 4.21 Å². The van der Waals surface area contributed by atoms with Gasteiger partial charge in [-0.1, -0.05) is 18.2 Å². The maximum atomic E-state index is 12.2. The van der Waals surface area contributed by atoms with Gasteiger partial charge < -0.3 is 5.73 Å². The second-order valence-electron chi connectivity index (χ2n) is 5.66. The summed E-state index contributed by atoms with van der Waals surface area (Å²) in [6.07, 6.45) is 0. The van der Waals surface area contributed by atoms with Gasteiger partial charge in [0, 0.05) is 38.9 Å². The fraction of sp³-hybridized carbons (Fsp3) is 0.400. The summed E-state index contributed by atoms with van der Waals surface area (Å²) in [6, 6.07) is 9.99. The number of aryl methyl sites for hydroxylation is 1. The molecule has 3 nitrogen and oxygen atoms in total. The monoisotopic (exact) mass is 276 g/mol. The van der Waals surface area contributed by atoms with Gasteiger partial charge >= 0.3 is 0 Å². The fourth-order valence-electron chi connectivity index (χ4n) is 2.15. The second kappa shape index (κ2) is 5.39. The van der Waals surface area contributed by atoms with Crippen LogP contribution in [0, 0.1) is 6.92 Å². The molecule has 4 heteroatoms. The topological polar surface area (TPSA) is 56.0 Å². The first kappa shape index (κ1) is 14.2. The maximum Gasteiger partial charge on any atom is 0.0708 e. The highest BCUT2D eigenvalue weighted by Crippen LogP contribution is 2.20. The van der Waals surface area contributed by atoms with E-state index in [4.69, 9.17) is 5.73 Å². The zero-order chi connectivity index (χ0) is 14.0. The minimum Gasteiger partial charge on any atom is -0.325 e. The number of nitrogens with two attached hydrogens (primary N) is 1. The van der Waals surface area contributed by atoms with Crippen molar-refractivity contribution in [2.45, 2.75) is 32.1 Å². The van der Waals surface area contributed by atoms with Gasteiger partial charge in [-0.2, -0.15) is 0 Å². The molecule has 0 amide bonds. The Hall–Kier alpha value is -1.26. The van der Waals surface area contributed by atoms with Crippen LogP contribution in [-0.2, 0) is 16.6 Å². The number of nitrogens with zero attached hydrogens (tertiary/aromatic N) is 1. The molecule has 0 fully saturated rings. The predicted molar refractivity (Wildman–Crippen MR) is 81.5 cm³/mol. The van der Waals surface area contributed by atoms with E-state index >= 15 is 0 Å². The Balaban J connectivity index is 2.32. The van der Waals surface area contributed by atoms with E-state index in [1.807, 2.05) is 51.1 Å². The first-order valence-electron chi connectivity index (χ1n) is 6.34. The quantitative estimate of drug-likeness (QED) is 0.933. The molecule has 1 aromatic heterocycles. The largest absolute Gasteiger partial charge is 0.325 e. The summed E-state index contributed by atoms with van der Waals surface area (Å²) in [6.45, 7) is 5.77. The Labute approximate surface area is 116 Å². The van der Waals surface area contributed by atoms with Gasteiger partial charge in [0.25, 0.3) is 0 Å². The Morgan fingerprint density at radius 2 is 2.00 bits per heavy atom. The van der Waals surface area contributed by atoms with Crippen molar-refractivity contribution in [3.63, 3.8) is 0 Å². The number of benzene rings is 1. The van der Waals surface area contributed by atoms with Crippen LogP contribution in [-0.4, -0.2) is 20.5 Å². The predicted octanol–water partition coefficient (Wildman–Crippen LogP) is 2.53. The average molecular weight is 276 g/mol. The summed E-state index contributed by atoms with van der Waals surface area (Å²) in [7, 11) is -0.958. The van der Waals surface area contributed by atoms with Gasteiger partial charge in [0.2, 0.25) is 0 Å². The number of fused-ring (bicyclic) bond motifs is 1. The Morgan fingerprint density at radius 3 is 2.68 bits per heavy atom. The van der Waals surface area contributed by atoms with Crippen molar-refractivity contribution in [2.24, 2.45) is 5.73 Å². The zero-order valence-electron chi connectivity index (χ0n) is 11.6. The molecule has 19 heavy (non-hydrogen) atoms. The zero-order valence-corrected chi connectivity index (χ0v) is 12.5. The Bertz CT molecular complexity index is 617. The van der Waals surface area contributed by atoms with Crippen molar-refractivity contribution in [1.82, 2.24) is 4.98 Å². The van der Waals surface area contributed by atoms with Crippen LogP contribution in [0.4, 0.5) is 0 Å². The summed E-state index contributed by atoms with van der Waals surface area (Å²) in [5, 5.41) is 1.08. The molecule has 2 rings (SSSR count). The molecule has 2 aromatic rings. The fourth-order valence-corrected chi connectivity index (χ4v) is 3.67. The molecule has 1 atom stereocenters. The molecule has 0 saturated carbocycles. The van der Waals surface area contributed by atoms with Crippen LogP contribution in [0.15, 0.2) is 30.3 Å². The van der Waals surface area contributed by atoms with Gasteiger partial charge in [0.1, 0.15) is 0 Å². The van der Waals surface area contributed by atoms with E-state index < -0.39 is 16.3 Å². The molecule has 0 saturated heterocycles. The SMILES string of the molecule is Cc1cc(CS(=O)CC(C)(C)N)c2ccccc2n1. The molecule has 2 N–H and O–H groups in total. The molecule has 0 spiro atoms. The second-order valence-corrected chi connectivity index (χ2v) is 7.11. The molecule has 0 radical (unpaired) electrons. The van der Waals surface area contributed by atoms with Crippen LogP contribution >= 0.6 is 0 Å². The molecule has 1 aromatic carbocycles. The van der Waals surface area contributed by atoms with E-state index in [-0.39, 0.29) is 0 Å². The Kier molecular flexibility index (Phi) is 4.02. The number of hydrogen-bond donors (Lipinski definition) is 1. The van der Waals surface area contributed by atoms with E-state index in [1.54, 1.807) is 0 Å². The number of hydrogen-bond acceptors (Lipinski definition) is 3. The molecule has 0 aliphatic rings. The molecule has 0 aliphatic heterocycles. The van der Waals surface area contributed by atoms with Crippen LogP contribution in [0.1, 0.15) is 25.1 Å². The van der Waals surface area contributed by atoms with Crippen molar-refractivity contribution in [2.75, 3.05) is 5.75 Å². The minimum atomic E-state index is -0.958. The lowest BCUT2D eigenvalue weighted by Gasteiger charge is -2.18. The van der Waals surface area contributed by atoms with Gasteiger partial charge in [0.15, 0.2) is 0 Å². The molecular weight excluding hydrogens is 256 g/mol. The van der Waals surface area contributed by atoms with E-state index in [0.29, 0.717) is 11.5 Å². The van der Waals surface area contributed by atoms with Crippen LogP contribution in [0.25, 0.3) is 10.9 Å². The summed E-state index contributed by atoms with van der Waals surface area (Å²) in [5.74, 6) is 1.03. The normalized spacial score (nSPS) is 13.7. The summed E-state index contributed by atoms with van der Waals surface area (Å²) < 4.78 is 12.2. The minimum absolute atomic E-state index is 0.400. The third kappa shape index (κ3) is 3.85. The van der Waals surface area contributed by atoms with E-state index in [2.05, 4.69) is 4.98 Å². The third-order valence-corrected chi connectivity index (χ3v) is 4.48. The first-order chi connectivity index (χ1) is 8.85. The molecule has 102 valence electrons. The number of pyridine rings is 1. The lowest BCUT2D eigenvalue weighted by Crippen LogP contribution is -2.38. The highest BCUT2D eigenvalue weighted by molar-refractivity contribution is 7.84. The smallest absolute Gasteiger partial charge is 0.0708 e. The highest BCUT2D eigenvalue weighted by Gasteiger charge is 2.16. The van der Waals surface area contributed by atoms with Crippen molar-refractivity contribution in [1.29, 1.82) is 0 Å². The van der Waals surface area contributed by atoms with Crippen LogP contribution in [0.5, 0.6) is 0 Å². The molecule has 0 bridgehead atoms. The van der Waals surface area contributed by atoms with Crippen LogP contribution < -0.4 is 5.73 Å². The van der Waals surface area contributed by atoms with E-state index in [0.717, 1.165) is 22.2 Å².